The van der Waals surface area contributed by atoms with Gasteiger partial charge in [-0.2, -0.15) is 0 Å². The lowest BCUT2D eigenvalue weighted by atomic mass is 10.1. The van der Waals surface area contributed by atoms with Crippen LogP contribution in [-0.2, 0) is 6.54 Å². The van der Waals surface area contributed by atoms with E-state index in [4.69, 9.17) is 4.42 Å². The number of anilines is 1. The molecule has 0 aliphatic heterocycles. The Morgan fingerprint density at radius 3 is 2.75 bits per heavy atom. The van der Waals surface area contributed by atoms with E-state index in [1.165, 1.54) is 5.56 Å². The average Bonchev–Trinajstić information content (AvgIpc) is 2.95. The summed E-state index contributed by atoms with van der Waals surface area (Å²) >= 11 is 0. The minimum atomic E-state index is 0.701. The van der Waals surface area contributed by atoms with E-state index in [2.05, 4.69) is 23.3 Å². The molecule has 20 heavy (non-hydrogen) atoms. The summed E-state index contributed by atoms with van der Waals surface area (Å²) in [6.45, 7) is 2.75. The lowest BCUT2D eigenvalue weighted by Crippen LogP contribution is -2.00. The molecular weight excluding hydrogens is 248 g/mol. The number of nitrogens with one attached hydrogen (secondary N) is 1. The van der Waals surface area contributed by atoms with Gasteiger partial charge in [0, 0.05) is 23.9 Å². The summed E-state index contributed by atoms with van der Waals surface area (Å²) < 4.78 is 5.60. The molecule has 0 aliphatic carbocycles. The Hall–Kier alpha value is -2.55. The molecule has 1 aromatic carbocycles. The van der Waals surface area contributed by atoms with Crippen LogP contribution in [0.3, 0.4) is 0 Å². The zero-order chi connectivity index (χ0) is 13.8. The van der Waals surface area contributed by atoms with Gasteiger partial charge in [-0.15, -0.1) is 0 Å². The van der Waals surface area contributed by atoms with Crippen molar-refractivity contribution in [2.24, 2.45) is 0 Å². The molecule has 0 saturated carbocycles. The predicted octanol–water partition coefficient (Wildman–Crippen LogP) is 4.26. The number of hydrogen-bond acceptors (Lipinski definition) is 3. The zero-order valence-electron chi connectivity index (χ0n) is 11.3. The van der Waals surface area contributed by atoms with Crippen molar-refractivity contribution in [3.8, 4) is 11.3 Å². The third kappa shape index (κ3) is 2.88. The number of hydrogen-bond donors (Lipinski definition) is 1. The van der Waals surface area contributed by atoms with E-state index in [-0.39, 0.29) is 0 Å². The summed E-state index contributed by atoms with van der Waals surface area (Å²) in [5.41, 5.74) is 3.39. The molecule has 3 nitrogen and oxygen atoms in total. The summed E-state index contributed by atoms with van der Waals surface area (Å²) in [5.74, 6) is 1.77. The monoisotopic (exact) mass is 264 g/mol. The second kappa shape index (κ2) is 5.61. The van der Waals surface area contributed by atoms with Gasteiger partial charge in [0.2, 0.25) is 0 Å². The first-order valence-corrected chi connectivity index (χ1v) is 6.60. The van der Waals surface area contributed by atoms with Gasteiger partial charge < -0.3 is 9.73 Å². The lowest BCUT2D eigenvalue weighted by molar-refractivity contribution is 0.579. The number of pyridine rings is 1. The number of aryl methyl sites for hydroxylation is 1. The van der Waals surface area contributed by atoms with Crippen LogP contribution >= 0.6 is 0 Å². The van der Waals surface area contributed by atoms with Crippen LogP contribution in [0.15, 0.2) is 65.4 Å². The number of rotatable bonds is 4. The number of nitrogens with zero attached hydrogens (tertiary/aromatic N) is 1. The van der Waals surface area contributed by atoms with Crippen LogP contribution in [0, 0.1) is 6.92 Å². The van der Waals surface area contributed by atoms with Crippen LogP contribution in [0.2, 0.25) is 0 Å². The van der Waals surface area contributed by atoms with E-state index < -0.39 is 0 Å². The molecule has 100 valence electrons. The van der Waals surface area contributed by atoms with Gasteiger partial charge in [0.05, 0.1) is 6.26 Å². The second-order valence-corrected chi connectivity index (χ2v) is 4.76. The Morgan fingerprint density at radius 1 is 1.10 bits per heavy atom. The Labute approximate surface area is 118 Å². The van der Waals surface area contributed by atoms with Crippen molar-refractivity contribution in [2.45, 2.75) is 13.5 Å². The van der Waals surface area contributed by atoms with Crippen LogP contribution in [0.25, 0.3) is 11.3 Å². The molecule has 0 atom stereocenters. The van der Waals surface area contributed by atoms with Crippen LogP contribution in [0.5, 0.6) is 0 Å². The minimum absolute atomic E-state index is 0.701. The Balaban J connectivity index is 1.69. The predicted molar refractivity (Wildman–Crippen MR) is 80.4 cm³/mol. The quantitative estimate of drug-likeness (QED) is 0.765. The molecule has 0 saturated heterocycles. The molecule has 0 spiro atoms. The van der Waals surface area contributed by atoms with Gasteiger partial charge in [0.1, 0.15) is 11.6 Å². The third-order valence-electron chi connectivity index (χ3n) is 3.10. The summed E-state index contributed by atoms with van der Waals surface area (Å²) in [7, 11) is 0. The average molecular weight is 264 g/mol. The van der Waals surface area contributed by atoms with E-state index in [1.54, 1.807) is 6.26 Å². The second-order valence-electron chi connectivity index (χ2n) is 4.76. The van der Waals surface area contributed by atoms with Gasteiger partial charge in [-0.3, -0.25) is 0 Å². The van der Waals surface area contributed by atoms with E-state index in [0.717, 1.165) is 22.7 Å². The van der Waals surface area contributed by atoms with Crippen molar-refractivity contribution < 1.29 is 4.42 Å². The number of furan rings is 1. The van der Waals surface area contributed by atoms with Gasteiger partial charge in [-0.25, -0.2) is 4.98 Å². The van der Waals surface area contributed by atoms with Crippen molar-refractivity contribution in [1.82, 2.24) is 4.98 Å². The fraction of sp³-hybridized carbons (Fsp3) is 0.118. The molecule has 0 amide bonds. The molecule has 0 bridgehead atoms. The maximum Gasteiger partial charge on any atom is 0.134 e. The minimum Gasteiger partial charge on any atom is -0.464 e. The molecule has 3 aromatic rings. The van der Waals surface area contributed by atoms with E-state index in [0.29, 0.717) is 6.54 Å². The van der Waals surface area contributed by atoms with Gasteiger partial charge in [-0.1, -0.05) is 30.3 Å². The normalized spacial score (nSPS) is 10.4. The first kappa shape index (κ1) is 12.5. The van der Waals surface area contributed by atoms with Gasteiger partial charge in [0.15, 0.2) is 0 Å². The standard InChI is InChI=1S/C17H16N2O/c1-13-7-8-18-17(9-13)19-11-14-10-16(20-12-14)15-5-3-2-4-6-15/h2-10,12H,11H2,1H3,(H,18,19). The maximum atomic E-state index is 5.60. The largest absolute Gasteiger partial charge is 0.464 e. The highest BCUT2D eigenvalue weighted by Crippen LogP contribution is 2.22. The Morgan fingerprint density at radius 2 is 1.95 bits per heavy atom. The highest BCUT2D eigenvalue weighted by atomic mass is 16.3. The molecule has 1 N–H and O–H groups in total. The Bertz CT molecular complexity index is 689. The fourth-order valence-corrected chi connectivity index (χ4v) is 2.05. The van der Waals surface area contributed by atoms with Crippen molar-refractivity contribution in [1.29, 1.82) is 0 Å². The summed E-state index contributed by atoms with van der Waals surface area (Å²) in [4.78, 5) is 4.28. The van der Waals surface area contributed by atoms with Crippen molar-refractivity contribution in [3.63, 3.8) is 0 Å². The van der Waals surface area contributed by atoms with Crippen LogP contribution in [0.1, 0.15) is 11.1 Å². The molecule has 2 aromatic heterocycles. The molecule has 0 unspecified atom stereocenters. The molecule has 3 rings (SSSR count). The Kier molecular flexibility index (Phi) is 3.50. The fourth-order valence-electron chi connectivity index (χ4n) is 2.05. The van der Waals surface area contributed by atoms with Crippen LogP contribution in [-0.4, -0.2) is 4.98 Å². The zero-order valence-corrected chi connectivity index (χ0v) is 11.3. The molecule has 2 heterocycles. The number of benzene rings is 1. The SMILES string of the molecule is Cc1ccnc(NCc2coc(-c3ccccc3)c2)c1. The van der Waals surface area contributed by atoms with E-state index in [9.17, 15) is 0 Å². The van der Waals surface area contributed by atoms with Crippen molar-refractivity contribution in [2.75, 3.05) is 5.32 Å². The van der Waals surface area contributed by atoms with E-state index >= 15 is 0 Å². The molecular formula is C17H16N2O. The molecule has 0 fully saturated rings. The topological polar surface area (TPSA) is 38.1 Å². The van der Waals surface area contributed by atoms with Gasteiger partial charge in [-0.05, 0) is 30.7 Å². The van der Waals surface area contributed by atoms with Crippen LogP contribution in [0.4, 0.5) is 5.82 Å². The van der Waals surface area contributed by atoms with Crippen LogP contribution < -0.4 is 5.32 Å². The highest BCUT2D eigenvalue weighted by Gasteiger charge is 2.04. The molecule has 3 heteroatoms. The smallest absolute Gasteiger partial charge is 0.134 e. The summed E-state index contributed by atoms with van der Waals surface area (Å²) in [6, 6.07) is 16.2. The summed E-state index contributed by atoms with van der Waals surface area (Å²) in [6.07, 6.45) is 3.59. The first-order valence-electron chi connectivity index (χ1n) is 6.60. The number of aromatic nitrogens is 1. The maximum absolute atomic E-state index is 5.60. The lowest BCUT2D eigenvalue weighted by Gasteiger charge is -2.03. The third-order valence-corrected chi connectivity index (χ3v) is 3.10. The van der Waals surface area contributed by atoms with E-state index in [1.807, 2.05) is 48.7 Å². The molecule has 0 aliphatic rings. The van der Waals surface area contributed by atoms with Crippen molar-refractivity contribution >= 4 is 5.82 Å². The van der Waals surface area contributed by atoms with Crippen molar-refractivity contribution in [3.05, 3.63) is 72.1 Å². The highest BCUT2D eigenvalue weighted by molar-refractivity contribution is 5.58. The van der Waals surface area contributed by atoms with Gasteiger partial charge in [0.25, 0.3) is 0 Å². The summed E-state index contributed by atoms with van der Waals surface area (Å²) in [5, 5.41) is 3.30. The van der Waals surface area contributed by atoms with Gasteiger partial charge >= 0.3 is 0 Å². The first-order chi connectivity index (χ1) is 9.81. The molecule has 0 radical (unpaired) electrons.